The Kier molecular flexibility index (Phi) is 4.27. The number of benzene rings is 1. The Morgan fingerprint density at radius 3 is 2.74 bits per heavy atom. The molecule has 1 aromatic carbocycles. The van der Waals surface area contributed by atoms with E-state index in [4.69, 9.17) is 0 Å². The lowest BCUT2D eigenvalue weighted by molar-refractivity contribution is -0.120. The molecular formula is C12H15BrN2O3S. The third-order valence-corrected chi connectivity index (χ3v) is 4.84. The molecule has 0 unspecified atom stereocenters. The summed E-state index contributed by atoms with van der Waals surface area (Å²) in [7, 11) is -3.66. The summed E-state index contributed by atoms with van der Waals surface area (Å²) in [5.41, 5.74) is 0.637. The average Bonchev–Trinajstić information content (AvgIpc) is 3.14. The molecule has 19 heavy (non-hydrogen) atoms. The van der Waals surface area contributed by atoms with E-state index in [1.165, 1.54) is 6.07 Å². The number of carbonyl (C=O) groups excluding carboxylic acids is 1. The molecule has 1 aliphatic carbocycles. The fourth-order valence-electron chi connectivity index (χ4n) is 1.61. The van der Waals surface area contributed by atoms with Crippen LogP contribution in [0.25, 0.3) is 0 Å². The van der Waals surface area contributed by atoms with Crippen molar-refractivity contribution in [2.45, 2.75) is 30.7 Å². The second-order valence-electron chi connectivity index (χ2n) is 4.58. The van der Waals surface area contributed by atoms with Crippen LogP contribution in [0.5, 0.6) is 0 Å². The monoisotopic (exact) mass is 346 g/mol. The van der Waals surface area contributed by atoms with Crippen molar-refractivity contribution in [3.63, 3.8) is 0 Å². The molecule has 7 heteroatoms. The molecule has 5 nitrogen and oxygen atoms in total. The van der Waals surface area contributed by atoms with Gasteiger partial charge in [-0.15, -0.1) is 0 Å². The zero-order chi connectivity index (χ0) is 14.0. The molecule has 0 bridgehead atoms. The number of sulfonamides is 1. The molecule has 104 valence electrons. The van der Waals surface area contributed by atoms with Crippen LogP contribution >= 0.6 is 15.9 Å². The lowest BCUT2D eigenvalue weighted by Gasteiger charge is -2.09. The van der Waals surface area contributed by atoms with Gasteiger partial charge >= 0.3 is 0 Å². The largest absolute Gasteiger partial charge is 0.352 e. The molecule has 0 heterocycles. The van der Waals surface area contributed by atoms with Gasteiger partial charge < -0.3 is 5.32 Å². The summed E-state index contributed by atoms with van der Waals surface area (Å²) in [5, 5.41) is 2.73. The Hall–Kier alpha value is -0.920. The molecule has 1 aliphatic rings. The summed E-state index contributed by atoms with van der Waals surface area (Å²) in [6.45, 7) is 1.48. The highest BCUT2D eigenvalue weighted by molar-refractivity contribution is 9.10. The highest BCUT2D eigenvalue weighted by atomic mass is 79.9. The van der Waals surface area contributed by atoms with E-state index < -0.39 is 10.0 Å². The van der Waals surface area contributed by atoms with Crippen LogP contribution in [0, 0.1) is 6.92 Å². The Balaban J connectivity index is 2.04. The molecular weight excluding hydrogens is 332 g/mol. The summed E-state index contributed by atoms with van der Waals surface area (Å²) in [6, 6.07) is 5.23. The summed E-state index contributed by atoms with van der Waals surface area (Å²) < 4.78 is 27.2. The van der Waals surface area contributed by atoms with Gasteiger partial charge in [-0.3, -0.25) is 4.79 Å². The Morgan fingerprint density at radius 1 is 1.42 bits per heavy atom. The summed E-state index contributed by atoms with van der Waals surface area (Å²) in [5.74, 6) is -0.293. The minimum atomic E-state index is -3.66. The van der Waals surface area contributed by atoms with Crippen LogP contribution in [0.2, 0.25) is 0 Å². The van der Waals surface area contributed by atoms with Crippen molar-refractivity contribution in [3.8, 4) is 0 Å². The van der Waals surface area contributed by atoms with Crippen LogP contribution in [-0.4, -0.2) is 26.9 Å². The van der Waals surface area contributed by atoms with Crippen molar-refractivity contribution < 1.29 is 13.2 Å². The Morgan fingerprint density at radius 2 is 2.11 bits per heavy atom. The first-order valence-corrected chi connectivity index (χ1v) is 8.21. The molecule has 0 radical (unpaired) electrons. The van der Waals surface area contributed by atoms with E-state index >= 15 is 0 Å². The number of carbonyl (C=O) groups is 1. The number of nitrogens with one attached hydrogen (secondary N) is 2. The van der Waals surface area contributed by atoms with E-state index in [0.717, 1.165) is 12.8 Å². The van der Waals surface area contributed by atoms with E-state index in [1.54, 1.807) is 19.1 Å². The molecule has 1 saturated carbocycles. The van der Waals surface area contributed by atoms with Gasteiger partial charge in [0.05, 0.1) is 11.4 Å². The van der Waals surface area contributed by atoms with Crippen LogP contribution < -0.4 is 10.0 Å². The lowest BCUT2D eigenvalue weighted by Crippen LogP contribution is -2.38. The van der Waals surface area contributed by atoms with Crippen LogP contribution in [0.4, 0.5) is 0 Å². The number of rotatable bonds is 5. The van der Waals surface area contributed by atoms with Crippen molar-refractivity contribution in [1.82, 2.24) is 10.0 Å². The van der Waals surface area contributed by atoms with Gasteiger partial charge in [0.2, 0.25) is 15.9 Å². The molecule has 1 amide bonds. The molecule has 2 N–H and O–H groups in total. The Bertz CT molecular complexity index is 597. The second-order valence-corrected chi connectivity index (χ2v) is 7.23. The molecule has 0 atom stereocenters. The maximum atomic E-state index is 12.1. The fourth-order valence-corrected chi connectivity index (χ4v) is 3.37. The van der Waals surface area contributed by atoms with Gasteiger partial charge in [-0.2, -0.15) is 0 Å². The second kappa shape index (κ2) is 5.60. The van der Waals surface area contributed by atoms with Crippen LogP contribution in [0.15, 0.2) is 27.6 Å². The lowest BCUT2D eigenvalue weighted by atomic mass is 10.2. The first-order valence-electron chi connectivity index (χ1n) is 5.94. The first kappa shape index (κ1) is 14.5. The van der Waals surface area contributed by atoms with Gasteiger partial charge in [-0.25, -0.2) is 13.1 Å². The van der Waals surface area contributed by atoms with Gasteiger partial charge in [0.1, 0.15) is 0 Å². The quantitative estimate of drug-likeness (QED) is 0.844. The Labute approximate surface area is 121 Å². The normalized spacial score (nSPS) is 15.3. The summed E-state index contributed by atoms with van der Waals surface area (Å²) in [4.78, 5) is 11.7. The fraction of sp³-hybridized carbons (Fsp3) is 0.417. The third kappa shape index (κ3) is 4.02. The molecule has 2 rings (SSSR count). The SMILES string of the molecule is Cc1ccc(Br)cc1S(=O)(=O)NCC(=O)NC1CC1. The zero-order valence-corrected chi connectivity index (χ0v) is 12.8. The average molecular weight is 347 g/mol. The molecule has 0 aromatic heterocycles. The van der Waals surface area contributed by atoms with Crippen LogP contribution in [0.3, 0.4) is 0 Å². The number of hydrogen-bond acceptors (Lipinski definition) is 3. The molecule has 1 fully saturated rings. The minimum absolute atomic E-state index is 0.182. The van der Waals surface area contributed by atoms with Crippen LogP contribution in [0.1, 0.15) is 18.4 Å². The molecule has 0 aliphatic heterocycles. The third-order valence-electron chi connectivity index (χ3n) is 2.80. The highest BCUT2D eigenvalue weighted by Crippen LogP contribution is 2.20. The van der Waals surface area contributed by atoms with Crippen molar-refractivity contribution in [2.75, 3.05) is 6.54 Å². The predicted molar refractivity (Wildman–Crippen MR) is 75.2 cm³/mol. The number of aryl methyl sites for hydroxylation is 1. The molecule has 0 saturated heterocycles. The number of hydrogen-bond donors (Lipinski definition) is 2. The van der Waals surface area contributed by atoms with E-state index in [0.29, 0.717) is 10.0 Å². The van der Waals surface area contributed by atoms with Crippen molar-refractivity contribution >= 4 is 31.9 Å². The molecule has 1 aromatic rings. The van der Waals surface area contributed by atoms with Gasteiger partial charge in [0.25, 0.3) is 0 Å². The van der Waals surface area contributed by atoms with E-state index in [9.17, 15) is 13.2 Å². The van der Waals surface area contributed by atoms with E-state index in [2.05, 4.69) is 26.0 Å². The van der Waals surface area contributed by atoms with Crippen molar-refractivity contribution in [2.24, 2.45) is 0 Å². The van der Waals surface area contributed by atoms with Crippen molar-refractivity contribution in [1.29, 1.82) is 0 Å². The smallest absolute Gasteiger partial charge is 0.241 e. The van der Waals surface area contributed by atoms with E-state index in [1.807, 2.05) is 0 Å². The standard InChI is InChI=1S/C12H15BrN2O3S/c1-8-2-3-9(13)6-11(8)19(17,18)14-7-12(16)15-10-4-5-10/h2-3,6,10,14H,4-5,7H2,1H3,(H,15,16). The minimum Gasteiger partial charge on any atom is -0.352 e. The van der Waals surface area contributed by atoms with Gasteiger partial charge in [0.15, 0.2) is 0 Å². The van der Waals surface area contributed by atoms with Gasteiger partial charge in [-0.05, 0) is 37.5 Å². The number of amides is 1. The first-order chi connectivity index (χ1) is 8.88. The number of halogens is 1. The predicted octanol–water partition coefficient (Wildman–Crippen LogP) is 1.31. The maximum absolute atomic E-state index is 12.1. The van der Waals surface area contributed by atoms with Gasteiger partial charge in [0, 0.05) is 10.5 Å². The van der Waals surface area contributed by atoms with Crippen molar-refractivity contribution in [3.05, 3.63) is 28.2 Å². The van der Waals surface area contributed by atoms with Crippen LogP contribution in [-0.2, 0) is 14.8 Å². The van der Waals surface area contributed by atoms with Gasteiger partial charge in [-0.1, -0.05) is 22.0 Å². The highest BCUT2D eigenvalue weighted by Gasteiger charge is 2.24. The summed E-state index contributed by atoms with van der Waals surface area (Å²) in [6.07, 6.45) is 1.95. The topological polar surface area (TPSA) is 75.3 Å². The van der Waals surface area contributed by atoms with E-state index in [-0.39, 0.29) is 23.4 Å². The molecule has 0 spiro atoms. The maximum Gasteiger partial charge on any atom is 0.241 e. The zero-order valence-electron chi connectivity index (χ0n) is 10.4. The summed E-state index contributed by atoms with van der Waals surface area (Å²) >= 11 is 3.24.